The second-order valence-electron chi connectivity index (χ2n) is 7.52. The van der Waals surface area contributed by atoms with Crippen LogP contribution in [-0.2, 0) is 0 Å². The highest BCUT2D eigenvalue weighted by Gasteiger charge is 2.12. The van der Waals surface area contributed by atoms with Gasteiger partial charge in [-0.25, -0.2) is 0 Å². The molecule has 0 saturated carbocycles. The third-order valence-electron chi connectivity index (χ3n) is 5.37. The highest BCUT2D eigenvalue weighted by atomic mass is 16.5. The van der Waals surface area contributed by atoms with Crippen LogP contribution in [-0.4, -0.2) is 33.3 Å². The van der Waals surface area contributed by atoms with Crippen LogP contribution < -0.4 is 14.4 Å². The molecular formula is C27H26N2O2. The number of ether oxygens (including phenoxy) is 2. The molecule has 1 aromatic heterocycles. The Morgan fingerprint density at radius 3 is 1.65 bits per heavy atom. The van der Waals surface area contributed by atoms with E-state index in [9.17, 15) is 0 Å². The third kappa shape index (κ3) is 4.38. The predicted molar refractivity (Wildman–Crippen MR) is 128 cm³/mol. The lowest BCUT2D eigenvalue weighted by atomic mass is 9.95. The molecule has 0 aliphatic rings. The third-order valence-corrected chi connectivity index (χ3v) is 5.37. The van der Waals surface area contributed by atoms with Gasteiger partial charge in [0.25, 0.3) is 0 Å². The molecule has 0 atom stereocenters. The average Bonchev–Trinajstić information content (AvgIpc) is 2.84. The van der Waals surface area contributed by atoms with Crippen molar-refractivity contribution in [2.75, 3.05) is 33.2 Å². The van der Waals surface area contributed by atoms with Crippen molar-refractivity contribution in [3.8, 4) is 45.0 Å². The molecule has 4 heteroatoms. The van der Waals surface area contributed by atoms with E-state index in [4.69, 9.17) is 14.5 Å². The second kappa shape index (κ2) is 8.92. The summed E-state index contributed by atoms with van der Waals surface area (Å²) in [5, 5.41) is 0. The van der Waals surface area contributed by atoms with Crippen LogP contribution in [0.3, 0.4) is 0 Å². The Bertz CT molecular complexity index is 1150. The van der Waals surface area contributed by atoms with E-state index in [-0.39, 0.29) is 0 Å². The molecule has 4 aromatic rings. The van der Waals surface area contributed by atoms with Crippen molar-refractivity contribution in [1.82, 2.24) is 4.98 Å². The van der Waals surface area contributed by atoms with Gasteiger partial charge in [0, 0.05) is 42.7 Å². The zero-order valence-corrected chi connectivity index (χ0v) is 18.3. The quantitative estimate of drug-likeness (QED) is 0.381. The van der Waals surface area contributed by atoms with Crippen molar-refractivity contribution < 1.29 is 9.47 Å². The molecule has 0 N–H and O–H groups in total. The Balaban J connectivity index is 1.82. The van der Waals surface area contributed by atoms with Gasteiger partial charge in [-0.3, -0.25) is 4.98 Å². The van der Waals surface area contributed by atoms with Crippen molar-refractivity contribution in [3.05, 3.63) is 85.1 Å². The predicted octanol–water partition coefficient (Wildman–Crippen LogP) is 6.17. The minimum absolute atomic E-state index is 0.833. The summed E-state index contributed by atoms with van der Waals surface area (Å²) in [4.78, 5) is 6.98. The van der Waals surface area contributed by atoms with Gasteiger partial charge in [0.05, 0.1) is 19.9 Å². The van der Waals surface area contributed by atoms with E-state index < -0.39 is 0 Å². The molecule has 4 rings (SSSR count). The van der Waals surface area contributed by atoms with Gasteiger partial charge in [-0.1, -0.05) is 36.4 Å². The fourth-order valence-corrected chi connectivity index (χ4v) is 3.54. The molecule has 0 saturated heterocycles. The maximum Gasteiger partial charge on any atom is 0.118 e. The molecule has 156 valence electrons. The van der Waals surface area contributed by atoms with Crippen LogP contribution in [0.15, 0.2) is 85.1 Å². The number of hydrogen-bond acceptors (Lipinski definition) is 4. The van der Waals surface area contributed by atoms with E-state index in [0.717, 1.165) is 50.7 Å². The number of aromatic nitrogens is 1. The first-order valence-corrected chi connectivity index (χ1v) is 10.2. The number of benzene rings is 3. The monoisotopic (exact) mass is 410 g/mol. The van der Waals surface area contributed by atoms with Crippen LogP contribution in [0.25, 0.3) is 33.5 Å². The smallest absolute Gasteiger partial charge is 0.118 e. The van der Waals surface area contributed by atoms with E-state index in [2.05, 4.69) is 59.5 Å². The SMILES string of the molecule is COc1ccc(-c2cnc(-c3ccc(N(C)C)cc3)c(-c3ccc(OC)cc3)c2)cc1. The first-order chi connectivity index (χ1) is 15.1. The normalized spacial score (nSPS) is 10.6. The number of anilines is 1. The molecule has 3 aromatic carbocycles. The highest BCUT2D eigenvalue weighted by Crippen LogP contribution is 2.35. The van der Waals surface area contributed by atoms with E-state index in [1.807, 2.05) is 44.6 Å². The van der Waals surface area contributed by atoms with Crippen LogP contribution in [0.2, 0.25) is 0 Å². The van der Waals surface area contributed by atoms with Gasteiger partial charge in [0.1, 0.15) is 11.5 Å². The van der Waals surface area contributed by atoms with Gasteiger partial charge in [-0.2, -0.15) is 0 Å². The first-order valence-electron chi connectivity index (χ1n) is 10.2. The fourth-order valence-electron chi connectivity index (χ4n) is 3.54. The maximum atomic E-state index is 5.34. The van der Waals surface area contributed by atoms with Gasteiger partial charge in [-0.15, -0.1) is 0 Å². The van der Waals surface area contributed by atoms with E-state index in [1.54, 1.807) is 14.2 Å². The number of rotatable bonds is 6. The molecule has 0 fully saturated rings. The van der Waals surface area contributed by atoms with Gasteiger partial charge < -0.3 is 14.4 Å². The molecule has 0 aliphatic carbocycles. The number of hydrogen-bond donors (Lipinski definition) is 0. The topological polar surface area (TPSA) is 34.6 Å². The molecular weight excluding hydrogens is 384 g/mol. The van der Waals surface area contributed by atoms with Crippen LogP contribution in [0.1, 0.15) is 0 Å². The lowest BCUT2D eigenvalue weighted by Crippen LogP contribution is -2.08. The van der Waals surface area contributed by atoms with Gasteiger partial charge in [0.15, 0.2) is 0 Å². The Morgan fingerprint density at radius 2 is 1.13 bits per heavy atom. The van der Waals surface area contributed by atoms with Crippen molar-refractivity contribution in [2.24, 2.45) is 0 Å². The van der Waals surface area contributed by atoms with Crippen molar-refractivity contribution in [1.29, 1.82) is 0 Å². The number of pyridine rings is 1. The van der Waals surface area contributed by atoms with Crippen molar-refractivity contribution in [3.63, 3.8) is 0 Å². The molecule has 0 spiro atoms. The molecule has 0 unspecified atom stereocenters. The largest absolute Gasteiger partial charge is 0.497 e. The van der Waals surface area contributed by atoms with Gasteiger partial charge in [0.2, 0.25) is 0 Å². The molecule has 0 amide bonds. The summed E-state index contributed by atoms with van der Waals surface area (Å²) < 4.78 is 10.6. The van der Waals surface area contributed by atoms with Gasteiger partial charge >= 0.3 is 0 Å². The summed E-state index contributed by atoms with van der Waals surface area (Å²) in [5.41, 5.74) is 7.51. The van der Waals surface area contributed by atoms with Crippen LogP contribution in [0, 0.1) is 0 Å². The average molecular weight is 411 g/mol. The zero-order valence-electron chi connectivity index (χ0n) is 18.3. The Hall–Kier alpha value is -3.79. The molecule has 0 aliphatic heterocycles. The minimum Gasteiger partial charge on any atom is -0.497 e. The molecule has 0 radical (unpaired) electrons. The lowest BCUT2D eigenvalue weighted by molar-refractivity contribution is 0.415. The minimum atomic E-state index is 0.833. The molecule has 4 nitrogen and oxygen atoms in total. The summed E-state index contributed by atoms with van der Waals surface area (Å²) in [6, 6.07) is 26.8. The Labute approximate surface area is 183 Å². The first kappa shape index (κ1) is 20.5. The summed E-state index contributed by atoms with van der Waals surface area (Å²) in [5.74, 6) is 1.67. The molecule has 31 heavy (non-hydrogen) atoms. The van der Waals surface area contributed by atoms with Gasteiger partial charge in [-0.05, 0) is 53.6 Å². The van der Waals surface area contributed by atoms with Crippen LogP contribution >= 0.6 is 0 Å². The van der Waals surface area contributed by atoms with Crippen molar-refractivity contribution >= 4 is 5.69 Å². The fraction of sp³-hybridized carbons (Fsp3) is 0.148. The highest BCUT2D eigenvalue weighted by molar-refractivity contribution is 5.84. The summed E-state index contributed by atoms with van der Waals surface area (Å²) in [6.07, 6.45) is 1.93. The van der Waals surface area contributed by atoms with Crippen molar-refractivity contribution in [2.45, 2.75) is 0 Å². The second-order valence-corrected chi connectivity index (χ2v) is 7.52. The maximum absolute atomic E-state index is 5.34. The van der Waals surface area contributed by atoms with E-state index in [1.165, 1.54) is 0 Å². The summed E-state index contributed by atoms with van der Waals surface area (Å²) in [6.45, 7) is 0. The standard InChI is InChI=1S/C27H26N2O2/c1-29(2)23-11-5-21(6-12-23)27-26(20-9-15-25(31-4)16-10-20)17-22(18-28-27)19-7-13-24(30-3)14-8-19/h5-18H,1-4H3. The Morgan fingerprint density at radius 1 is 0.613 bits per heavy atom. The molecule has 0 bridgehead atoms. The number of nitrogens with zero attached hydrogens (tertiary/aromatic N) is 2. The van der Waals surface area contributed by atoms with E-state index >= 15 is 0 Å². The van der Waals surface area contributed by atoms with Crippen LogP contribution in [0.4, 0.5) is 5.69 Å². The number of methoxy groups -OCH3 is 2. The van der Waals surface area contributed by atoms with E-state index in [0.29, 0.717) is 0 Å². The Kier molecular flexibility index (Phi) is 5.89. The van der Waals surface area contributed by atoms with Crippen LogP contribution in [0.5, 0.6) is 11.5 Å². The summed E-state index contributed by atoms with van der Waals surface area (Å²) >= 11 is 0. The lowest BCUT2D eigenvalue weighted by Gasteiger charge is -2.15. The summed E-state index contributed by atoms with van der Waals surface area (Å²) in [7, 11) is 7.44. The zero-order chi connectivity index (χ0) is 21.8. The molecule has 1 heterocycles.